The van der Waals surface area contributed by atoms with Crippen molar-refractivity contribution in [2.24, 2.45) is 0 Å². The Morgan fingerprint density at radius 1 is 1.53 bits per heavy atom. The predicted molar refractivity (Wildman–Crippen MR) is 67.8 cm³/mol. The molecule has 1 aromatic heterocycles. The van der Waals surface area contributed by atoms with Crippen LogP contribution in [0.1, 0.15) is 25.1 Å². The number of pyridine rings is 1. The summed E-state index contributed by atoms with van der Waals surface area (Å²) in [6.07, 6.45) is 2.76. The van der Waals surface area contributed by atoms with Crippen molar-refractivity contribution in [3.05, 3.63) is 26.9 Å². The lowest BCUT2D eigenvalue weighted by molar-refractivity contribution is 0.242. The van der Waals surface area contributed by atoms with Crippen LogP contribution in [-0.4, -0.2) is 23.2 Å². The second-order valence-corrected chi connectivity index (χ2v) is 4.98. The highest BCUT2D eigenvalue weighted by atomic mass is 79.9. The van der Waals surface area contributed by atoms with Gasteiger partial charge in [0.25, 0.3) is 0 Å². The van der Waals surface area contributed by atoms with E-state index in [0.717, 1.165) is 27.6 Å². The third-order valence-corrected chi connectivity index (χ3v) is 3.06. The fourth-order valence-corrected chi connectivity index (χ4v) is 2.51. The molecule has 0 saturated carbocycles. The number of hydrogen-bond donors (Lipinski definition) is 2. The van der Waals surface area contributed by atoms with Gasteiger partial charge in [0.15, 0.2) is 0 Å². The van der Waals surface area contributed by atoms with Crippen LogP contribution in [0.5, 0.6) is 0 Å². The van der Waals surface area contributed by atoms with Gasteiger partial charge in [-0.25, -0.2) is 0 Å². The van der Waals surface area contributed by atoms with E-state index in [2.05, 4.69) is 49.1 Å². The lowest BCUT2D eigenvalue weighted by Gasteiger charge is -2.16. The van der Waals surface area contributed by atoms with Gasteiger partial charge in [0, 0.05) is 15.1 Å². The summed E-state index contributed by atoms with van der Waals surface area (Å²) in [7, 11) is 0. The monoisotopic (exact) mass is 336 g/mol. The zero-order valence-corrected chi connectivity index (χ0v) is 11.7. The summed E-state index contributed by atoms with van der Waals surface area (Å²) in [4.78, 5) is 4.29. The Labute approximate surface area is 107 Å². The summed E-state index contributed by atoms with van der Waals surface area (Å²) in [5, 5.41) is 12.5. The van der Waals surface area contributed by atoms with Crippen LogP contribution in [0.25, 0.3) is 0 Å². The minimum atomic E-state index is -0.104. The topological polar surface area (TPSA) is 45.1 Å². The highest BCUT2D eigenvalue weighted by Gasteiger charge is 2.14. The van der Waals surface area contributed by atoms with Crippen molar-refractivity contribution >= 4 is 31.9 Å². The average molecular weight is 338 g/mol. The molecule has 0 fully saturated rings. The SMILES string of the molecule is CCCNC(CO)c1ncc(Br)cc1Br. The Morgan fingerprint density at radius 3 is 2.80 bits per heavy atom. The largest absolute Gasteiger partial charge is 0.394 e. The highest BCUT2D eigenvalue weighted by molar-refractivity contribution is 9.11. The van der Waals surface area contributed by atoms with Gasteiger partial charge in [-0.15, -0.1) is 0 Å². The van der Waals surface area contributed by atoms with Crippen LogP contribution in [-0.2, 0) is 0 Å². The van der Waals surface area contributed by atoms with Crippen molar-refractivity contribution in [3.63, 3.8) is 0 Å². The van der Waals surface area contributed by atoms with Crippen LogP contribution in [0, 0.1) is 0 Å². The molecule has 2 N–H and O–H groups in total. The molecular weight excluding hydrogens is 324 g/mol. The van der Waals surface area contributed by atoms with E-state index in [1.165, 1.54) is 0 Å². The van der Waals surface area contributed by atoms with Crippen molar-refractivity contribution in [2.45, 2.75) is 19.4 Å². The second kappa shape index (κ2) is 6.58. The van der Waals surface area contributed by atoms with Crippen LogP contribution >= 0.6 is 31.9 Å². The maximum atomic E-state index is 9.26. The maximum absolute atomic E-state index is 9.26. The summed E-state index contributed by atoms with van der Waals surface area (Å²) in [6.45, 7) is 3.01. The molecule has 0 amide bonds. The van der Waals surface area contributed by atoms with Gasteiger partial charge in [0.2, 0.25) is 0 Å². The van der Waals surface area contributed by atoms with Gasteiger partial charge < -0.3 is 10.4 Å². The van der Waals surface area contributed by atoms with E-state index in [1.54, 1.807) is 6.20 Å². The Kier molecular flexibility index (Phi) is 5.74. The Hall–Kier alpha value is 0.0300. The third-order valence-electron chi connectivity index (χ3n) is 1.99. The van der Waals surface area contributed by atoms with E-state index in [4.69, 9.17) is 0 Å². The minimum Gasteiger partial charge on any atom is -0.394 e. The summed E-state index contributed by atoms with van der Waals surface area (Å²) < 4.78 is 1.82. The van der Waals surface area contributed by atoms with Gasteiger partial charge >= 0.3 is 0 Å². The van der Waals surface area contributed by atoms with E-state index in [0.29, 0.717) is 0 Å². The van der Waals surface area contributed by atoms with Crippen molar-refractivity contribution in [3.8, 4) is 0 Å². The number of halogens is 2. The molecular formula is C10H14Br2N2O. The number of hydrogen-bond acceptors (Lipinski definition) is 3. The molecule has 0 radical (unpaired) electrons. The maximum Gasteiger partial charge on any atom is 0.0741 e. The summed E-state index contributed by atoms with van der Waals surface area (Å²) in [5.74, 6) is 0. The molecule has 1 aromatic rings. The third kappa shape index (κ3) is 3.83. The van der Waals surface area contributed by atoms with Gasteiger partial charge in [-0.3, -0.25) is 4.98 Å². The smallest absolute Gasteiger partial charge is 0.0741 e. The van der Waals surface area contributed by atoms with E-state index in [9.17, 15) is 5.11 Å². The predicted octanol–water partition coefficient (Wildman–Crippen LogP) is 2.64. The fourth-order valence-electron chi connectivity index (χ4n) is 1.25. The molecule has 0 aliphatic heterocycles. The molecule has 1 rings (SSSR count). The van der Waals surface area contributed by atoms with E-state index in [1.807, 2.05) is 6.07 Å². The molecule has 1 unspecified atom stereocenters. The fraction of sp³-hybridized carbons (Fsp3) is 0.500. The first kappa shape index (κ1) is 13.1. The first-order valence-electron chi connectivity index (χ1n) is 4.84. The van der Waals surface area contributed by atoms with Gasteiger partial charge in [-0.2, -0.15) is 0 Å². The standard InChI is InChI=1S/C10H14Br2N2O/c1-2-3-13-9(6-15)10-8(12)4-7(11)5-14-10/h4-5,9,13,15H,2-3,6H2,1H3. The summed E-state index contributed by atoms with van der Waals surface area (Å²) in [5.41, 5.74) is 0.842. The van der Waals surface area contributed by atoms with Crippen LogP contribution in [0.3, 0.4) is 0 Å². The van der Waals surface area contributed by atoms with Crippen LogP contribution in [0.15, 0.2) is 21.2 Å². The molecule has 5 heteroatoms. The second-order valence-electron chi connectivity index (χ2n) is 3.21. The van der Waals surface area contributed by atoms with E-state index in [-0.39, 0.29) is 12.6 Å². The Balaban J connectivity index is 2.81. The van der Waals surface area contributed by atoms with Crippen molar-refractivity contribution in [1.82, 2.24) is 10.3 Å². The number of nitrogens with one attached hydrogen (secondary N) is 1. The van der Waals surface area contributed by atoms with Gasteiger partial charge in [-0.1, -0.05) is 6.92 Å². The number of nitrogens with zero attached hydrogens (tertiary/aromatic N) is 1. The molecule has 0 aliphatic rings. The van der Waals surface area contributed by atoms with Crippen molar-refractivity contribution in [2.75, 3.05) is 13.2 Å². The zero-order valence-electron chi connectivity index (χ0n) is 8.50. The molecule has 0 bridgehead atoms. The average Bonchev–Trinajstić information content (AvgIpc) is 2.21. The quantitative estimate of drug-likeness (QED) is 0.868. The Bertz CT molecular complexity index is 320. The summed E-state index contributed by atoms with van der Waals surface area (Å²) in [6, 6.07) is 1.82. The van der Waals surface area contributed by atoms with Crippen molar-refractivity contribution < 1.29 is 5.11 Å². The molecule has 0 aromatic carbocycles. The van der Waals surface area contributed by atoms with Gasteiger partial charge in [0.1, 0.15) is 0 Å². The molecule has 0 spiro atoms. The van der Waals surface area contributed by atoms with E-state index < -0.39 is 0 Å². The first-order valence-corrected chi connectivity index (χ1v) is 6.42. The van der Waals surface area contributed by atoms with Gasteiger partial charge in [0.05, 0.1) is 18.3 Å². The van der Waals surface area contributed by atoms with E-state index >= 15 is 0 Å². The number of rotatable bonds is 5. The lowest BCUT2D eigenvalue weighted by Crippen LogP contribution is -2.26. The number of aliphatic hydroxyl groups is 1. The number of aliphatic hydroxyl groups excluding tert-OH is 1. The normalized spacial score (nSPS) is 12.8. The van der Waals surface area contributed by atoms with Crippen LogP contribution in [0.4, 0.5) is 0 Å². The molecule has 1 atom stereocenters. The summed E-state index contributed by atoms with van der Waals surface area (Å²) >= 11 is 6.78. The molecule has 0 saturated heterocycles. The molecule has 1 heterocycles. The molecule has 15 heavy (non-hydrogen) atoms. The van der Waals surface area contributed by atoms with Crippen LogP contribution in [0.2, 0.25) is 0 Å². The molecule has 3 nitrogen and oxygen atoms in total. The highest BCUT2D eigenvalue weighted by Crippen LogP contribution is 2.24. The lowest BCUT2D eigenvalue weighted by atomic mass is 10.2. The molecule has 84 valence electrons. The minimum absolute atomic E-state index is 0.0488. The Morgan fingerprint density at radius 2 is 2.27 bits per heavy atom. The first-order chi connectivity index (χ1) is 7.19. The number of aromatic nitrogens is 1. The molecule has 0 aliphatic carbocycles. The zero-order chi connectivity index (χ0) is 11.3. The van der Waals surface area contributed by atoms with Gasteiger partial charge in [-0.05, 0) is 50.9 Å². The van der Waals surface area contributed by atoms with Crippen LogP contribution < -0.4 is 5.32 Å². The van der Waals surface area contributed by atoms with Crippen molar-refractivity contribution in [1.29, 1.82) is 0 Å².